The van der Waals surface area contributed by atoms with Crippen LogP contribution >= 0.6 is 0 Å². The number of nitrogens with two attached hydrogens (primary N) is 1. The Morgan fingerprint density at radius 2 is 2.25 bits per heavy atom. The Morgan fingerprint density at radius 1 is 1.40 bits per heavy atom. The van der Waals surface area contributed by atoms with Crippen LogP contribution in [-0.2, 0) is 11.3 Å². The largest absolute Gasteiger partial charge is 0.397 e. The molecule has 2 aromatic rings. The number of nitrogens with one attached hydrogen (secondary N) is 1. The van der Waals surface area contributed by atoms with Gasteiger partial charge >= 0.3 is 0 Å². The second-order valence-corrected chi connectivity index (χ2v) is 4.84. The molecular weight excluding hydrogens is 254 g/mol. The van der Waals surface area contributed by atoms with Crippen molar-refractivity contribution < 1.29 is 9.84 Å². The Kier molecular flexibility index (Phi) is 3.30. The molecule has 0 aliphatic carbocycles. The lowest BCUT2D eigenvalue weighted by Gasteiger charge is -2.23. The van der Waals surface area contributed by atoms with Gasteiger partial charge in [-0.25, -0.2) is 0 Å². The molecule has 3 rings (SSSR count). The molecule has 1 aromatic heterocycles. The van der Waals surface area contributed by atoms with Crippen molar-refractivity contribution in [3.8, 4) is 11.1 Å². The molecule has 2 heterocycles. The minimum absolute atomic E-state index is 0.321. The van der Waals surface area contributed by atoms with E-state index in [1.807, 2.05) is 25.2 Å². The van der Waals surface area contributed by atoms with Crippen LogP contribution in [0.3, 0.4) is 0 Å². The van der Waals surface area contributed by atoms with Crippen LogP contribution in [0, 0.1) is 0 Å². The number of fused-ring (bicyclic) bond motifs is 1. The summed E-state index contributed by atoms with van der Waals surface area (Å²) in [5.41, 5.74) is 11.3. The van der Waals surface area contributed by atoms with Gasteiger partial charge in [-0.1, -0.05) is 6.07 Å². The third-order valence-corrected chi connectivity index (χ3v) is 3.61. The van der Waals surface area contributed by atoms with Gasteiger partial charge in [0.15, 0.2) is 0 Å². The highest BCUT2D eigenvalue weighted by atomic mass is 16.5. The molecule has 0 saturated heterocycles. The first kappa shape index (κ1) is 12.9. The lowest BCUT2D eigenvalue weighted by molar-refractivity contribution is 0.00981. The Hall–Kier alpha value is -2.11. The van der Waals surface area contributed by atoms with Gasteiger partial charge in [0.1, 0.15) is 6.10 Å². The van der Waals surface area contributed by atoms with Gasteiger partial charge < -0.3 is 20.9 Å². The fourth-order valence-electron chi connectivity index (χ4n) is 2.50. The summed E-state index contributed by atoms with van der Waals surface area (Å²) >= 11 is 0. The Labute approximate surface area is 117 Å². The number of ether oxygens (including phenoxy) is 1. The molecule has 0 amide bonds. The van der Waals surface area contributed by atoms with E-state index in [2.05, 4.69) is 10.3 Å². The number of nitrogen functional groups attached to an aromatic ring is 1. The Bertz CT molecular complexity index is 643. The molecule has 0 saturated carbocycles. The summed E-state index contributed by atoms with van der Waals surface area (Å²) in [4.78, 5) is 4.24. The molecule has 0 radical (unpaired) electrons. The van der Waals surface area contributed by atoms with Gasteiger partial charge in [-0.3, -0.25) is 4.98 Å². The number of benzene rings is 1. The SMILES string of the molecule is CNc1cc(-c2cncc3c2COCC3O)ccc1N. The van der Waals surface area contributed by atoms with E-state index in [0.717, 1.165) is 27.9 Å². The number of pyridine rings is 1. The monoisotopic (exact) mass is 271 g/mol. The van der Waals surface area contributed by atoms with E-state index in [9.17, 15) is 5.11 Å². The molecule has 4 N–H and O–H groups in total. The molecule has 1 aliphatic rings. The number of aliphatic hydroxyl groups excluding tert-OH is 1. The van der Waals surface area contributed by atoms with Gasteiger partial charge in [-0.15, -0.1) is 0 Å². The minimum Gasteiger partial charge on any atom is -0.397 e. The summed E-state index contributed by atoms with van der Waals surface area (Å²) in [6, 6.07) is 5.79. The summed E-state index contributed by atoms with van der Waals surface area (Å²) in [5.74, 6) is 0. The van der Waals surface area contributed by atoms with Gasteiger partial charge in [0.05, 0.1) is 24.6 Å². The number of hydrogen-bond acceptors (Lipinski definition) is 5. The summed E-state index contributed by atoms with van der Waals surface area (Å²) in [7, 11) is 1.83. The maximum atomic E-state index is 9.98. The molecular formula is C15H17N3O2. The molecule has 0 bridgehead atoms. The normalized spacial score (nSPS) is 17.6. The van der Waals surface area contributed by atoms with Crippen molar-refractivity contribution in [3.05, 3.63) is 41.7 Å². The number of rotatable bonds is 2. The molecule has 20 heavy (non-hydrogen) atoms. The van der Waals surface area contributed by atoms with Gasteiger partial charge in [-0.2, -0.15) is 0 Å². The second-order valence-electron chi connectivity index (χ2n) is 4.84. The molecule has 1 atom stereocenters. The lowest BCUT2D eigenvalue weighted by Crippen LogP contribution is -2.17. The fraction of sp³-hybridized carbons (Fsp3) is 0.267. The second kappa shape index (κ2) is 5.11. The van der Waals surface area contributed by atoms with Crippen LogP contribution < -0.4 is 11.1 Å². The zero-order valence-corrected chi connectivity index (χ0v) is 11.3. The van der Waals surface area contributed by atoms with Crippen molar-refractivity contribution in [1.29, 1.82) is 0 Å². The summed E-state index contributed by atoms with van der Waals surface area (Å²) < 4.78 is 5.43. The number of nitrogens with zero attached hydrogens (tertiary/aromatic N) is 1. The third-order valence-electron chi connectivity index (χ3n) is 3.61. The van der Waals surface area contributed by atoms with Crippen LogP contribution in [0.25, 0.3) is 11.1 Å². The maximum Gasteiger partial charge on any atom is 0.104 e. The first-order chi connectivity index (χ1) is 9.70. The lowest BCUT2D eigenvalue weighted by atomic mass is 9.94. The summed E-state index contributed by atoms with van der Waals surface area (Å²) in [5, 5.41) is 13.0. The van der Waals surface area contributed by atoms with E-state index in [0.29, 0.717) is 18.9 Å². The van der Waals surface area contributed by atoms with Crippen LogP contribution in [-0.4, -0.2) is 23.7 Å². The highest BCUT2D eigenvalue weighted by Gasteiger charge is 2.22. The van der Waals surface area contributed by atoms with Crippen molar-refractivity contribution in [2.75, 3.05) is 24.7 Å². The van der Waals surface area contributed by atoms with Gasteiger partial charge in [0.2, 0.25) is 0 Å². The van der Waals surface area contributed by atoms with E-state index in [4.69, 9.17) is 10.5 Å². The number of aromatic nitrogens is 1. The molecule has 1 aromatic carbocycles. The minimum atomic E-state index is -0.608. The molecule has 1 unspecified atom stereocenters. The Balaban J connectivity index is 2.13. The quantitative estimate of drug-likeness (QED) is 0.727. The standard InChI is InChI=1S/C15H17N3O2/c1-17-14-4-9(2-3-13(14)16)10-5-18-6-11-12(10)7-20-8-15(11)19/h2-6,15,17,19H,7-8,16H2,1H3. The molecule has 5 heteroatoms. The van der Waals surface area contributed by atoms with E-state index >= 15 is 0 Å². The van der Waals surface area contributed by atoms with E-state index in [1.54, 1.807) is 12.4 Å². The summed E-state index contributed by atoms with van der Waals surface area (Å²) in [6.07, 6.45) is 2.90. The molecule has 0 fully saturated rings. The van der Waals surface area contributed by atoms with Gasteiger partial charge in [0.25, 0.3) is 0 Å². The van der Waals surface area contributed by atoms with Crippen LogP contribution in [0.5, 0.6) is 0 Å². The van der Waals surface area contributed by atoms with Crippen molar-refractivity contribution in [2.24, 2.45) is 0 Å². The fourth-order valence-corrected chi connectivity index (χ4v) is 2.50. The maximum absolute atomic E-state index is 9.98. The first-order valence-corrected chi connectivity index (χ1v) is 6.51. The van der Waals surface area contributed by atoms with Crippen LogP contribution in [0.15, 0.2) is 30.6 Å². The first-order valence-electron chi connectivity index (χ1n) is 6.51. The van der Waals surface area contributed by atoms with Crippen molar-refractivity contribution in [1.82, 2.24) is 4.98 Å². The molecule has 104 valence electrons. The Morgan fingerprint density at radius 3 is 3.05 bits per heavy atom. The number of hydrogen-bond donors (Lipinski definition) is 3. The number of anilines is 2. The van der Waals surface area contributed by atoms with E-state index in [1.165, 1.54) is 0 Å². The van der Waals surface area contributed by atoms with E-state index < -0.39 is 6.10 Å². The third kappa shape index (κ3) is 2.11. The summed E-state index contributed by atoms with van der Waals surface area (Å²) in [6.45, 7) is 0.811. The number of aliphatic hydroxyl groups is 1. The zero-order chi connectivity index (χ0) is 14.1. The van der Waals surface area contributed by atoms with Gasteiger partial charge in [-0.05, 0) is 23.3 Å². The average molecular weight is 271 g/mol. The predicted octanol–water partition coefficient (Wildman–Crippen LogP) is 1.94. The van der Waals surface area contributed by atoms with Crippen LogP contribution in [0.2, 0.25) is 0 Å². The average Bonchev–Trinajstić information content (AvgIpc) is 2.48. The highest BCUT2D eigenvalue weighted by Crippen LogP contribution is 2.34. The van der Waals surface area contributed by atoms with Crippen molar-refractivity contribution >= 4 is 11.4 Å². The highest BCUT2D eigenvalue weighted by molar-refractivity contribution is 5.77. The van der Waals surface area contributed by atoms with Crippen molar-refractivity contribution in [3.63, 3.8) is 0 Å². The van der Waals surface area contributed by atoms with Crippen LogP contribution in [0.4, 0.5) is 11.4 Å². The zero-order valence-electron chi connectivity index (χ0n) is 11.3. The predicted molar refractivity (Wildman–Crippen MR) is 78.2 cm³/mol. The van der Waals surface area contributed by atoms with E-state index in [-0.39, 0.29) is 0 Å². The molecule has 0 spiro atoms. The molecule has 5 nitrogen and oxygen atoms in total. The topological polar surface area (TPSA) is 80.4 Å². The molecule has 1 aliphatic heterocycles. The van der Waals surface area contributed by atoms with Crippen LogP contribution in [0.1, 0.15) is 17.2 Å². The smallest absolute Gasteiger partial charge is 0.104 e. The van der Waals surface area contributed by atoms with Gasteiger partial charge in [0, 0.05) is 30.6 Å². The van der Waals surface area contributed by atoms with Crippen molar-refractivity contribution in [2.45, 2.75) is 12.7 Å².